The molecule has 3 N–H and O–H groups in total. The van der Waals surface area contributed by atoms with Gasteiger partial charge in [-0.2, -0.15) is 0 Å². The number of hydrogen-bond donors (Lipinski definition) is 2. The standard InChI is InChI=1S/C19H21Cl2N3O2.ClH/c1-3-8-24(19(26)15-10-14(22)6-4-12(15)2)11-18(25)23-17-7-5-13(20)9-16(17)21;/h4-7,9-10H,3,8,11,22H2,1-2H3,(H,23,25);1H. The van der Waals surface area contributed by atoms with Crippen LogP contribution in [0.3, 0.4) is 0 Å². The highest BCUT2D eigenvalue weighted by Crippen LogP contribution is 2.25. The minimum Gasteiger partial charge on any atom is -0.399 e. The second-order valence-corrected chi connectivity index (χ2v) is 6.82. The molecule has 0 saturated carbocycles. The Morgan fingerprint density at radius 3 is 2.48 bits per heavy atom. The van der Waals surface area contributed by atoms with E-state index in [1.54, 1.807) is 36.4 Å². The number of carbonyl (C=O) groups excluding carboxylic acids is 2. The molecule has 0 unspecified atom stereocenters. The summed E-state index contributed by atoms with van der Waals surface area (Å²) in [6.07, 6.45) is 0.724. The average Bonchev–Trinajstić information content (AvgIpc) is 2.58. The summed E-state index contributed by atoms with van der Waals surface area (Å²) in [5.41, 5.74) is 8.06. The van der Waals surface area contributed by atoms with E-state index in [-0.39, 0.29) is 30.8 Å². The van der Waals surface area contributed by atoms with E-state index < -0.39 is 0 Å². The third kappa shape index (κ3) is 6.31. The molecule has 0 saturated heterocycles. The van der Waals surface area contributed by atoms with Crippen LogP contribution in [0, 0.1) is 6.92 Å². The minimum absolute atomic E-state index is 0. The lowest BCUT2D eigenvalue weighted by Crippen LogP contribution is -2.38. The summed E-state index contributed by atoms with van der Waals surface area (Å²) >= 11 is 11.9. The van der Waals surface area contributed by atoms with Crippen LogP contribution in [0.25, 0.3) is 0 Å². The first kappa shape index (κ1) is 23.1. The van der Waals surface area contributed by atoms with Crippen molar-refractivity contribution in [2.75, 3.05) is 24.1 Å². The Kier molecular flexibility index (Phi) is 8.89. The fourth-order valence-corrected chi connectivity index (χ4v) is 2.97. The lowest BCUT2D eigenvalue weighted by atomic mass is 10.1. The van der Waals surface area contributed by atoms with Crippen molar-refractivity contribution >= 4 is 58.8 Å². The molecule has 0 fully saturated rings. The summed E-state index contributed by atoms with van der Waals surface area (Å²) in [6, 6.07) is 9.97. The summed E-state index contributed by atoms with van der Waals surface area (Å²) in [5.74, 6) is -0.563. The molecule has 0 atom stereocenters. The van der Waals surface area contributed by atoms with E-state index in [1.165, 1.54) is 4.90 Å². The molecule has 5 nitrogen and oxygen atoms in total. The summed E-state index contributed by atoms with van der Waals surface area (Å²) in [4.78, 5) is 26.8. The maximum Gasteiger partial charge on any atom is 0.254 e. The van der Waals surface area contributed by atoms with E-state index >= 15 is 0 Å². The number of amides is 2. The highest BCUT2D eigenvalue weighted by Gasteiger charge is 2.20. The third-order valence-electron chi connectivity index (χ3n) is 3.81. The van der Waals surface area contributed by atoms with E-state index in [1.807, 2.05) is 13.8 Å². The van der Waals surface area contributed by atoms with Crippen molar-refractivity contribution in [3.8, 4) is 0 Å². The molecular weight excluding hydrogens is 409 g/mol. The Morgan fingerprint density at radius 2 is 1.85 bits per heavy atom. The van der Waals surface area contributed by atoms with E-state index in [0.717, 1.165) is 12.0 Å². The summed E-state index contributed by atoms with van der Waals surface area (Å²) < 4.78 is 0. The number of halogens is 3. The maximum atomic E-state index is 12.9. The highest BCUT2D eigenvalue weighted by atomic mass is 35.5. The zero-order chi connectivity index (χ0) is 19.3. The molecule has 2 aromatic rings. The molecule has 0 aliphatic heterocycles. The van der Waals surface area contributed by atoms with Crippen molar-refractivity contribution < 1.29 is 9.59 Å². The Bertz CT molecular complexity index is 828. The van der Waals surface area contributed by atoms with Crippen LogP contribution in [0.15, 0.2) is 36.4 Å². The zero-order valence-corrected chi connectivity index (χ0v) is 17.4. The van der Waals surface area contributed by atoms with Crippen molar-refractivity contribution in [1.29, 1.82) is 0 Å². The fourth-order valence-electron chi connectivity index (χ4n) is 2.52. The second kappa shape index (κ2) is 10.4. The minimum atomic E-state index is -0.336. The topological polar surface area (TPSA) is 75.4 Å². The van der Waals surface area contributed by atoms with Crippen molar-refractivity contribution in [3.05, 3.63) is 57.6 Å². The highest BCUT2D eigenvalue weighted by molar-refractivity contribution is 6.36. The number of benzene rings is 2. The van der Waals surface area contributed by atoms with Crippen molar-refractivity contribution in [3.63, 3.8) is 0 Å². The molecule has 0 spiro atoms. The van der Waals surface area contributed by atoms with Gasteiger partial charge in [-0.1, -0.05) is 36.2 Å². The molecule has 0 aliphatic rings. The normalized spacial score (nSPS) is 10.1. The first-order valence-electron chi connectivity index (χ1n) is 8.22. The van der Waals surface area contributed by atoms with E-state index in [4.69, 9.17) is 28.9 Å². The summed E-state index contributed by atoms with van der Waals surface area (Å²) in [7, 11) is 0. The first-order valence-corrected chi connectivity index (χ1v) is 8.97. The van der Waals surface area contributed by atoms with Gasteiger partial charge in [0, 0.05) is 22.8 Å². The molecule has 0 radical (unpaired) electrons. The second-order valence-electron chi connectivity index (χ2n) is 5.97. The first-order chi connectivity index (χ1) is 12.3. The molecule has 146 valence electrons. The van der Waals surface area contributed by atoms with E-state index in [0.29, 0.717) is 33.5 Å². The van der Waals surface area contributed by atoms with Crippen LogP contribution in [0.5, 0.6) is 0 Å². The van der Waals surface area contributed by atoms with Gasteiger partial charge in [0.1, 0.15) is 6.54 Å². The number of nitrogens with one attached hydrogen (secondary N) is 1. The van der Waals surface area contributed by atoms with Crippen LogP contribution < -0.4 is 11.1 Å². The molecule has 2 aromatic carbocycles. The molecule has 0 aliphatic carbocycles. The molecule has 0 heterocycles. The number of anilines is 2. The number of aryl methyl sites for hydroxylation is 1. The van der Waals surface area contributed by atoms with Gasteiger partial charge in [-0.15, -0.1) is 12.4 Å². The Labute approximate surface area is 175 Å². The van der Waals surface area contributed by atoms with Gasteiger partial charge in [0.2, 0.25) is 5.91 Å². The Morgan fingerprint density at radius 1 is 1.15 bits per heavy atom. The predicted octanol–water partition coefficient (Wildman–Crippen LogP) is 4.80. The van der Waals surface area contributed by atoms with Gasteiger partial charge in [-0.25, -0.2) is 0 Å². The summed E-state index contributed by atoms with van der Waals surface area (Å²) in [5, 5.41) is 3.53. The lowest BCUT2D eigenvalue weighted by molar-refractivity contribution is -0.116. The van der Waals surface area contributed by atoms with Gasteiger partial charge < -0.3 is 16.0 Å². The number of nitrogens with two attached hydrogens (primary N) is 1. The van der Waals surface area contributed by atoms with Gasteiger partial charge in [-0.3, -0.25) is 9.59 Å². The van der Waals surface area contributed by atoms with Gasteiger partial charge >= 0.3 is 0 Å². The molecule has 2 amide bonds. The third-order valence-corrected chi connectivity index (χ3v) is 4.36. The zero-order valence-electron chi connectivity index (χ0n) is 15.1. The molecule has 2 rings (SSSR count). The number of nitrogens with zero attached hydrogens (tertiary/aromatic N) is 1. The van der Waals surface area contributed by atoms with Crippen LogP contribution in [0.1, 0.15) is 29.3 Å². The Balaban J connectivity index is 0.00000364. The summed E-state index contributed by atoms with van der Waals surface area (Å²) in [6.45, 7) is 4.15. The number of carbonyl (C=O) groups is 2. The van der Waals surface area contributed by atoms with Crippen LogP contribution in [0.2, 0.25) is 10.0 Å². The molecular formula is C19H22Cl3N3O2. The smallest absolute Gasteiger partial charge is 0.254 e. The van der Waals surface area contributed by atoms with Crippen LogP contribution in [0.4, 0.5) is 11.4 Å². The number of hydrogen-bond acceptors (Lipinski definition) is 3. The van der Waals surface area contributed by atoms with Gasteiger partial charge in [0.05, 0.1) is 10.7 Å². The lowest BCUT2D eigenvalue weighted by Gasteiger charge is -2.23. The van der Waals surface area contributed by atoms with Crippen LogP contribution >= 0.6 is 35.6 Å². The number of nitrogen functional groups attached to an aromatic ring is 1. The van der Waals surface area contributed by atoms with Crippen molar-refractivity contribution in [1.82, 2.24) is 4.90 Å². The van der Waals surface area contributed by atoms with Crippen molar-refractivity contribution in [2.24, 2.45) is 0 Å². The monoisotopic (exact) mass is 429 g/mol. The molecule has 27 heavy (non-hydrogen) atoms. The maximum absolute atomic E-state index is 12.9. The average molecular weight is 431 g/mol. The quantitative estimate of drug-likeness (QED) is 0.647. The molecule has 8 heteroatoms. The van der Waals surface area contributed by atoms with Gasteiger partial charge in [-0.05, 0) is 49.2 Å². The largest absolute Gasteiger partial charge is 0.399 e. The number of rotatable bonds is 6. The van der Waals surface area contributed by atoms with Gasteiger partial charge in [0.15, 0.2) is 0 Å². The van der Waals surface area contributed by atoms with Crippen molar-refractivity contribution in [2.45, 2.75) is 20.3 Å². The molecule has 0 aromatic heterocycles. The SMILES string of the molecule is CCCN(CC(=O)Nc1ccc(Cl)cc1Cl)C(=O)c1cc(N)ccc1C.Cl. The van der Waals surface area contributed by atoms with Crippen LogP contribution in [-0.2, 0) is 4.79 Å². The molecule has 0 bridgehead atoms. The van der Waals surface area contributed by atoms with Gasteiger partial charge in [0.25, 0.3) is 5.91 Å². The fraction of sp³-hybridized carbons (Fsp3) is 0.263. The van der Waals surface area contributed by atoms with Crippen LogP contribution in [-0.4, -0.2) is 29.8 Å². The Hall–Kier alpha value is -1.95. The van der Waals surface area contributed by atoms with E-state index in [2.05, 4.69) is 5.32 Å². The van der Waals surface area contributed by atoms with E-state index in [9.17, 15) is 9.59 Å². The predicted molar refractivity (Wildman–Crippen MR) is 114 cm³/mol.